The number of rotatable bonds is 38. The fourth-order valence-electron chi connectivity index (χ4n) is 13.4. The number of aliphatic hydroxyl groups is 1. The third kappa shape index (κ3) is 34.5. The third-order valence-corrected chi connectivity index (χ3v) is 22.4. The smallest absolute Gasteiger partial charge is 0.314 e. The minimum absolute atomic E-state index is 0.00538. The van der Waals surface area contributed by atoms with Gasteiger partial charge in [0.1, 0.15) is 36.4 Å². The molecule has 3 aliphatic rings. The number of anilines is 1. The standard InChI is InChI=1S/C85H124N10O29S/c1-16-51(4)60(40-70(102)85(11,12)92(13)14)83(112)93(15)63(50(2)3)41-69(123-57(10)97)82-91-62(42-125-82)81(111)89-59(35-52(5)79(109)86-29-34-116-44-118-46-120-48-122-49-121-47-119-45-117-43-96)38-58-21-22-68-61(39-58)90-80(110)53(6)36-66(100)55(8)87-71(103)27-32-114-30-17-19-64(98)77(94-73(105)23-24-74(94)106)78(95-75(107)25-26-76(95)108)65(99)20-18-31-115-33-28-72(104)88-56(9)67(101)37-54(7)84(113)124-68/h21-26,39,42,50-56,59-60,63,69,77-78,96H,16-20,27-38,40-41,43-49H2,1-15H3,(H,86,109)(H,87,103)(H,88,104)(H,89,111)(H,90,110)/t51-,52?,53?,54?,55?,56?,59+,60-,63+,69+,77?,78?/m0/s1. The van der Waals surface area contributed by atoms with Crippen LogP contribution in [0.2, 0.25) is 0 Å². The summed E-state index contributed by atoms with van der Waals surface area (Å²) in [6.45, 7) is 17.3. The number of aromatic nitrogens is 1. The van der Waals surface area contributed by atoms with Gasteiger partial charge in [0, 0.05) is 145 Å². The molecule has 7 unspecified atom stereocenters. The number of likely N-dealkylation sites (N-methyl/N-ethyl adjacent to an activating group) is 1. The summed E-state index contributed by atoms with van der Waals surface area (Å²) in [6, 6.07) is -3.43. The van der Waals surface area contributed by atoms with Gasteiger partial charge in [-0.1, -0.05) is 61.0 Å². The number of ether oxygens (including phenoxy) is 11. The highest BCUT2D eigenvalue weighted by Crippen LogP contribution is 2.35. The summed E-state index contributed by atoms with van der Waals surface area (Å²) < 4.78 is 58.9. The fraction of sp³-hybridized carbons (Fsp3) is 0.647. The van der Waals surface area contributed by atoms with Gasteiger partial charge in [0.25, 0.3) is 29.5 Å². The molecule has 0 spiro atoms. The lowest BCUT2D eigenvalue weighted by Gasteiger charge is -2.38. The second-order valence-electron chi connectivity index (χ2n) is 32.0. The molecule has 2 aromatic rings. The average Bonchev–Trinajstić information content (AvgIpc) is 1.66. The highest BCUT2D eigenvalue weighted by Gasteiger charge is 2.50. The van der Waals surface area contributed by atoms with Crippen molar-refractivity contribution in [2.45, 2.75) is 214 Å². The van der Waals surface area contributed by atoms with E-state index in [-0.39, 0.29) is 177 Å². The Morgan fingerprint density at radius 2 is 1.17 bits per heavy atom. The molecular formula is C85H124N10O29S. The Labute approximate surface area is 731 Å². The van der Waals surface area contributed by atoms with Gasteiger partial charge in [-0.05, 0) is 97.0 Å². The zero-order valence-corrected chi connectivity index (χ0v) is 74.8. The minimum atomic E-state index is -1.96. The van der Waals surface area contributed by atoms with Crippen molar-refractivity contribution in [3.05, 3.63) is 64.1 Å². The number of hydrogen-bond donors (Lipinski definition) is 6. The van der Waals surface area contributed by atoms with Crippen molar-refractivity contribution in [1.82, 2.24) is 45.9 Å². The van der Waals surface area contributed by atoms with E-state index in [1.165, 1.54) is 58.2 Å². The van der Waals surface area contributed by atoms with Gasteiger partial charge in [0.2, 0.25) is 29.5 Å². The highest BCUT2D eigenvalue weighted by molar-refractivity contribution is 7.09. The summed E-state index contributed by atoms with van der Waals surface area (Å²) >= 11 is 1.03. The van der Waals surface area contributed by atoms with Crippen LogP contribution in [0.25, 0.3) is 0 Å². The van der Waals surface area contributed by atoms with Crippen molar-refractivity contribution in [2.24, 2.45) is 35.5 Å². The van der Waals surface area contributed by atoms with Crippen LogP contribution in [0.1, 0.15) is 187 Å². The Balaban J connectivity index is 1.42. The topological polar surface area (TPSA) is 498 Å². The molecule has 0 saturated carbocycles. The first-order valence-electron chi connectivity index (χ1n) is 41.7. The summed E-state index contributed by atoms with van der Waals surface area (Å²) in [4.78, 5) is 243. The maximum absolute atomic E-state index is 14.8. The number of hydrogen-bond acceptors (Lipinski definition) is 32. The predicted molar refractivity (Wildman–Crippen MR) is 446 cm³/mol. The van der Waals surface area contributed by atoms with Crippen LogP contribution >= 0.6 is 11.3 Å². The quantitative estimate of drug-likeness (QED) is 0.0182. The molecular weight excluding hydrogens is 1660 g/mol. The number of carbonyl (C=O) groups excluding carboxylic acids is 17. The number of nitrogens with zero attached hydrogens (tertiary/aromatic N) is 5. The van der Waals surface area contributed by atoms with Crippen molar-refractivity contribution in [2.75, 3.05) is 114 Å². The molecule has 0 radical (unpaired) electrons. The van der Waals surface area contributed by atoms with E-state index >= 15 is 0 Å². The molecule has 10 amide bonds. The van der Waals surface area contributed by atoms with Gasteiger partial charge >= 0.3 is 11.9 Å². The maximum atomic E-state index is 14.8. The van der Waals surface area contributed by atoms with Crippen LogP contribution in [0.4, 0.5) is 5.69 Å². The van der Waals surface area contributed by atoms with Gasteiger partial charge in [-0.3, -0.25) is 96.2 Å². The number of esters is 2. The molecule has 0 fully saturated rings. The number of Topliss-reactive ketones (excluding diaryl/α,β-unsaturated/α-hetero) is 5. The van der Waals surface area contributed by atoms with Crippen LogP contribution in [0.5, 0.6) is 5.75 Å². The van der Waals surface area contributed by atoms with Gasteiger partial charge in [0.05, 0.1) is 49.0 Å². The van der Waals surface area contributed by atoms with Crippen LogP contribution in [-0.4, -0.2) is 280 Å². The van der Waals surface area contributed by atoms with E-state index in [1.54, 1.807) is 51.7 Å². The van der Waals surface area contributed by atoms with Crippen molar-refractivity contribution in [3.8, 4) is 5.75 Å². The maximum Gasteiger partial charge on any atom is 0.314 e. The number of fused-ring (bicyclic) bond motifs is 1. The second kappa shape index (κ2) is 53.7. The van der Waals surface area contributed by atoms with Crippen LogP contribution < -0.4 is 31.3 Å². The minimum Gasteiger partial charge on any atom is -0.455 e. The summed E-state index contributed by atoms with van der Waals surface area (Å²) in [5, 5.41) is 24.0. The van der Waals surface area contributed by atoms with Gasteiger partial charge < -0.3 is 88.7 Å². The largest absolute Gasteiger partial charge is 0.455 e. The molecule has 3 aliphatic heterocycles. The number of ketones is 5. The number of thiazole rings is 1. The molecule has 0 saturated heterocycles. The summed E-state index contributed by atoms with van der Waals surface area (Å²) in [6.07, 6.45) is 0.328. The number of amides is 10. The molecule has 6 N–H and O–H groups in total. The van der Waals surface area contributed by atoms with E-state index in [2.05, 4.69) is 31.3 Å². The van der Waals surface area contributed by atoms with Crippen LogP contribution in [-0.2, 0) is 131 Å². The highest BCUT2D eigenvalue weighted by atomic mass is 32.1. The molecule has 0 bridgehead atoms. The molecule has 39 nitrogen and oxygen atoms in total. The van der Waals surface area contributed by atoms with Crippen molar-refractivity contribution in [1.29, 1.82) is 0 Å². The van der Waals surface area contributed by atoms with Crippen LogP contribution in [0.3, 0.4) is 0 Å². The number of aliphatic hydroxyl groups excluding tert-OH is 1. The van der Waals surface area contributed by atoms with Gasteiger partial charge in [-0.2, -0.15) is 0 Å². The van der Waals surface area contributed by atoms with E-state index in [1.807, 2.05) is 27.7 Å². The van der Waals surface area contributed by atoms with Crippen molar-refractivity contribution in [3.63, 3.8) is 0 Å². The van der Waals surface area contributed by atoms with Crippen LogP contribution in [0.15, 0.2) is 47.9 Å². The van der Waals surface area contributed by atoms with Gasteiger partial charge in [0.15, 0.2) is 74.7 Å². The first kappa shape index (κ1) is 106. The zero-order valence-electron chi connectivity index (χ0n) is 74.0. The summed E-state index contributed by atoms with van der Waals surface area (Å²) in [7, 11) is 5.26. The summed E-state index contributed by atoms with van der Waals surface area (Å²) in [5.74, 6) is -16.6. The first-order chi connectivity index (χ1) is 59.2. The second-order valence-corrected chi connectivity index (χ2v) is 32.9. The number of carbonyl (C=O) groups is 17. The zero-order chi connectivity index (χ0) is 92.8. The number of nitrogens with one attached hydrogen (secondary N) is 5. The molecule has 125 heavy (non-hydrogen) atoms. The molecule has 0 aliphatic carbocycles. The Hall–Kier alpha value is -9.72. The van der Waals surface area contributed by atoms with Crippen molar-refractivity contribution < 1.29 is 139 Å². The molecule has 12 atom stereocenters. The predicted octanol–water partition coefficient (Wildman–Crippen LogP) is 4.03. The van der Waals surface area contributed by atoms with Gasteiger partial charge in [-0.25, -0.2) is 4.98 Å². The number of benzene rings is 1. The van der Waals surface area contributed by atoms with E-state index in [0.717, 1.165) is 35.6 Å². The lowest BCUT2D eigenvalue weighted by molar-refractivity contribution is -0.219. The fourth-order valence-corrected chi connectivity index (χ4v) is 14.2. The molecule has 5 rings (SSSR count). The molecule has 1 aromatic heterocycles. The van der Waals surface area contributed by atoms with Crippen LogP contribution in [0, 0.1) is 35.5 Å². The molecule has 40 heteroatoms. The Morgan fingerprint density at radius 1 is 0.664 bits per heavy atom. The lowest BCUT2D eigenvalue weighted by atomic mass is 9.81. The molecule has 1 aromatic carbocycles. The van der Waals surface area contributed by atoms with E-state index in [9.17, 15) is 81.5 Å². The molecule has 4 heterocycles. The third-order valence-electron chi connectivity index (χ3n) is 21.5. The molecule has 694 valence electrons. The first-order valence-corrected chi connectivity index (χ1v) is 42.5. The Kier molecular flexibility index (Phi) is 45.4. The normalized spacial score (nSPS) is 21.2. The van der Waals surface area contributed by atoms with E-state index in [0.29, 0.717) is 21.8 Å². The Morgan fingerprint density at radius 3 is 1.66 bits per heavy atom. The average molecular weight is 1780 g/mol. The van der Waals surface area contributed by atoms with E-state index in [4.69, 9.17) is 57.5 Å². The van der Waals surface area contributed by atoms with Gasteiger partial charge in [-0.15, -0.1) is 11.3 Å². The Bertz CT molecular complexity index is 4070. The monoisotopic (exact) mass is 1780 g/mol. The van der Waals surface area contributed by atoms with E-state index < -0.39 is 192 Å². The number of imide groups is 2. The lowest BCUT2D eigenvalue weighted by Crippen LogP contribution is -2.61. The van der Waals surface area contributed by atoms with Crippen molar-refractivity contribution >= 4 is 117 Å². The SMILES string of the molecule is CC[C@H](C)[C@H](CC(=O)C(C)(C)N(C)C)C(=O)N(C)[C@H](C[C@@H](OC(C)=O)c1nc(C(=O)N[C@@H](Cc2ccc3c(c2)NC(=O)C(C)CC(=O)C(C)NC(=O)CCOCCCC(=O)C(N2C(=O)C=CC2=O)C(N2C(=O)C=CC2=O)C(=O)CCCOCCC(=O)NC(C)C(=O)CC(C)C(=O)O3)CC(C)C(=O)NCCOCOCOCOCOCOCOCO)cs1)C(C)C. The summed E-state index contributed by atoms with van der Waals surface area (Å²) in [5.41, 5.74) is -0.714.